The minimum absolute atomic E-state index is 0.214. The Hall–Kier alpha value is -0.780. The van der Waals surface area contributed by atoms with Gasteiger partial charge in [0.25, 0.3) is 0 Å². The Morgan fingerprint density at radius 2 is 2.12 bits per heavy atom. The van der Waals surface area contributed by atoms with Crippen molar-refractivity contribution in [2.75, 3.05) is 0 Å². The second kappa shape index (κ2) is 4.48. The Balaban J connectivity index is 2.02. The van der Waals surface area contributed by atoms with Crippen molar-refractivity contribution in [1.29, 1.82) is 0 Å². The van der Waals surface area contributed by atoms with E-state index >= 15 is 0 Å². The molecular weight excluding hydrogens is 329 g/mol. The van der Waals surface area contributed by atoms with Crippen LogP contribution in [0.25, 0.3) is 11.1 Å². The van der Waals surface area contributed by atoms with Crippen LogP contribution >= 0.6 is 22.6 Å². The Kier molecular flexibility index (Phi) is 2.98. The molecule has 1 aromatic heterocycles. The smallest absolute Gasteiger partial charge is 0.408 e. The summed E-state index contributed by atoms with van der Waals surface area (Å²) >= 11 is 2.23. The molecule has 17 heavy (non-hydrogen) atoms. The first-order valence-corrected chi connectivity index (χ1v) is 7.11. The number of halogens is 1. The SMILES string of the molecule is O=c1oc2cc(I)ccc2n1CC1CCCC1. The third-order valence-electron chi connectivity index (χ3n) is 3.55. The van der Waals surface area contributed by atoms with Crippen LogP contribution in [0.4, 0.5) is 0 Å². The van der Waals surface area contributed by atoms with Crippen LogP contribution in [-0.4, -0.2) is 4.57 Å². The van der Waals surface area contributed by atoms with Gasteiger partial charge in [0.15, 0.2) is 5.58 Å². The normalized spacial score (nSPS) is 17.0. The minimum atomic E-state index is -0.214. The molecule has 3 rings (SSSR count). The summed E-state index contributed by atoms with van der Waals surface area (Å²) in [7, 11) is 0. The number of nitrogens with zero attached hydrogens (tertiary/aromatic N) is 1. The monoisotopic (exact) mass is 343 g/mol. The zero-order chi connectivity index (χ0) is 11.8. The summed E-state index contributed by atoms with van der Waals surface area (Å²) < 4.78 is 8.18. The van der Waals surface area contributed by atoms with Gasteiger partial charge in [0, 0.05) is 10.1 Å². The molecule has 0 amide bonds. The van der Waals surface area contributed by atoms with Crippen molar-refractivity contribution >= 4 is 33.7 Å². The van der Waals surface area contributed by atoms with Crippen LogP contribution in [0.3, 0.4) is 0 Å². The molecule has 1 saturated carbocycles. The first-order valence-electron chi connectivity index (χ1n) is 6.03. The van der Waals surface area contributed by atoms with Crippen molar-refractivity contribution in [3.8, 4) is 0 Å². The van der Waals surface area contributed by atoms with Crippen molar-refractivity contribution in [2.45, 2.75) is 32.2 Å². The summed E-state index contributed by atoms with van der Waals surface area (Å²) in [6.45, 7) is 0.812. The Bertz CT molecular complexity index is 593. The molecule has 2 aromatic rings. The second-order valence-electron chi connectivity index (χ2n) is 4.74. The summed E-state index contributed by atoms with van der Waals surface area (Å²) in [6, 6.07) is 5.92. The maximum atomic E-state index is 11.8. The van der Waals surface area contributed by atoms with Crippen molar-refractivity contribution in [2.24, 2.45) is 5.92 Å². The Morgan fingerprint density at radius 1 is 1.35 bits per heavy atom. The summed E-state index contributed by atoms with van der Waals surface area (Å²) in [5.41, 5.74) is 1.64. The van der Waals surface area contributed by atoms with Crippen LogP contribution in [-0.2, 0) is 6.54 Å². The molecule has 0 saturated heterocycles. The van der Waals surface area contributed by atoms with E-state index in [1.165, 1.54) is 25.7 Å². The van der Waals surface area contributed by atoms with E-state index in [1.807, 2.05) is 18.2 Å². The van der Waals surface area contributed by atoms with Gasteiger partial charge in [-0.1, -0.05) is 12.8 Å². The molecule has 1 fully saturated rings. The van der Waals surface area contributed by atoms with Crippen molar-refractivity contribution < 1.29 is 4.42 Å². The lowest BCUT2D eigenvalue weighted by molar-refractivity contribution is 0.423. The van der Waals surface area contributed by atoms with E-state index in [2.05, 4.69) is 22.6 Å². The second-order valence-corrected chi connectivity index (χ2v) is 5.99. The fourth-order valence-electron chi connectivity index (χ4n) is 2.66. The number of benzene rings is 1. The van der Waals surface area contributed by atoms with E-state index in [0.717, 1.165) is 15.6 Å². The third-order valence-corrected chi connectivity index (χ3v) is 4.22. The molecule has 0 spiro atoms. The van der Waals surface area contributed by atoms with Crippen LogP contribution in [0.1, 0.15) is 25.7 Å². The summed E-state index contributed by atoms with van der Waals surface area (Å²) in [4.78, 5) is 11.8. The van der Waals surface area contributed by atoms with Crippen LogP contribution in [0.2, 0.25) is 0 Å². The molecule has 4 heteroatoms. The number of oxazole rings is 1. The average molecular weight is 343 g/mol. The topological polar surface area (TPSA) is 35.1 Å². The van der Waals surface area contributed by atoms with Gasteiger partial charge >= 0.3 is 5.76 Å². The van der Waals surface area contributed by atoms with Gasteiger partial charge in [0.1, 0.15) is 0 Å². The number of rotatable bonds is 2. The number of hydrogen-bond acceptors (Lipinski definition) is 2. The van der Waals surface area contributed by atoms with Gasteiger partial charge < -0.3 is 4.42 Å². The number of fused-ring (bicyclic) bond motifs is 1. The molecular formula is C13H14INO2. The summed E-state index contributed by atoms with van der Waals surface area (Å²) in [5.74, 6) is 0.432. The fraction of sp³-hybridized carbons (Fsp3) is 0.462. The quantitative estimate of drug-likeness (QED) is 0.784. The van der Waals surface area contributed by atoms with Crippen LogP contribution in [0, 0.1) is 9.49 Å². The molecule has 1 aliphatic carbocycles. The summed E-state index contributed by atoms with van der Waals surface area (Å²) in [6.07, 6.45) is 5.08. The van der Waals surface area contributed by atoms with Gasteiger partial charge in [0.2, 0.25) is 0 Å². The van der Waals surface area contributed by atoms with Gasteiger partial charge in [-0.05, 0) is 59.5 Å². The molecule has 0 radical (unpaired) electrons. The molecule has 1 aromatic carbocycles. The van der Waals surface area contributed by atoms with Gasteiger partial charge in [-0.2, -0.15) is 0 Å². The maximum Gasteiger partial charge on any atom is 0.419 e. The van der Waals surface area contributed by atoms with Crippen molar-refractivity contribution in [3.05, 3.63) is 32.3 Å². The molecule has 90 valence electrons. The largest absolute Gasteiger partial charge is 0.419 e. The molecule has 1 heterocycles. The number of aromatic nitrogens is 1. The first kappa shape index (κ1) is 11.3. The van der Waals surface area contributed by atoms with Crippen LogP contribution in [0.15, 0.2) is 27.4 Å². The molecule has 3 nitrogen and oxygen atoms in total. The third kappa shape index (κ3) is 2.14. The highest BCUT2D eigenvalue weighted by Crippen LogP contribution is 2.27. The average Bonchev–Trinajstić information content (AvgIpc) is 2.88. The highest BCUT2D eigenvalue weighted by atomic mass is 127. The molecule has 0 atom stereocenters. The lowest BCUT2D eigenvalue weighted by Crippen LogP contribution is -2.18. The predicted octanol–water partition coefficient (Wildman–Crippen LogP) is 3.39. The van der Waals surface area contributed by atoms with E-state index in [0.29, 0.717) is 11.5 Å². The molecule has 0 bridgehead atoms. The molecule has 1 aliphatic rings. The predicted molar refractivity (Wildman–Crippen MR) is 75.1 cm³/mol. The highest BCUT2D eigenvalue weighted by Gasteiger charge is 2.18. The van der Waals surface area contributed by atoms with E-state index in [-0.39, 0.29) is 5.76 Å². The van der Waals surface area contributed by atoms with E-state index in [4.69, 9.17) is 4.42 Å². The fourth-order valence-corrected chi connectivity index (χ4v) is 3.13. The molecule has 0 aliphatic heterocycles. The van der Waals surface area contributed by atoms with Gasteiger partial charge in [-0.25, -0.2) is 4.79 Å². The van der Waals surface area contributed by atoms with Gasteiger partial charge in [-0.3, -0.25) is 4.57 Å². The zero-order valence-corrected chi connectivity index (χ0v) is 11.6. The first-order chi connectivity index (χ1) is 8.24. The van der Waals surface area contributed by atoms with Crippen LogP contribution in [0.5, 0.6) is 0 Å². The van der Waals surface area contributed by atoms with Gasteiger partial charge in [-0.15, -0.1) is 0 Å². The van der Waals surface area contributed by atoms with Crippen LogP contribution < -0.4 is 5.76 Å². The lowest BCUT2D eigenvalue weighted by atomic mass is 10.1. The Morgan fingerprint density at radius 3 is 2.88 bits per heavy atom. The zero-order valence-electron chi connectivity index (χ0n) is 9.49. The van der Waals surface area contributed by atoms with Gasteiger partial charge in [0.05, 0.1) is 5.52 Å². The number of hydrogen-bond donors (Lipinski definition) is 0. The summed E-state index contributed by atoms with van der Waals surface area (Å²) in [5, 5.41) is 0. The lowest BCUT2D eigenvalue weighted by Gasteiger charge is -2.08. The maximum absolute atomic E-state index is 11.8. The Labute approximate surface area is 113 Å². The van der Waals surface area contributed by atoms with E-state index in [9.17, 15) is 4.79 Å². The standard InChI is InChI=1S/C13H14INO2/c14-10-5-6-11-12(7-10)17-13(16)15(11)8-9-3-1-2-4-9/h5-7,9H,1-4,8H2. The van der Waals surface area contributed by atoms with E-state index in [1.54, 1.807) is 4.57 Å². The van der Waals surface area contributed by atoms with E-state index < -0.39 is 0 Å². The minimum Gasteiger partial charge on any atom is -0.408 e. The molecule has 0 unspecified atom stereocenters. The highest BCUT2D eigenvalue weighted by molar-refractivity contribution is 14.1. The van der Waals surface area contributed by atoms with Crippen molar-refractivity contribution in [1.82, 2.24) is 4.57 Å². The molecule has 0 N–H and O–H groups in total. The van der Waals surface area contributed by atoms with Crippen molar-refractivity contribution in [3.63, 3.8) is 0 Å².